The normalized spacial score (nSPS) is 22.7. The lowest BCUT2D eigenvalue weighted by Gasteiger charge is -2.18. The van der Waals surface area contributed by atoms with Crippen molar-refractivity contribution in [2.75, 3.05) is 6.54 Å². The summed E-state index contributed by atoms with van der Waals surface area (Å²) < 4.78 is 1.06. The van der Waals surface area contributed by atoms with E-state index in [4.69, 9.17) is 5.73 Å². The monoisotopic (exact) mass is 310 g/mol. The van der Waals surface area contributed by atoms with Gasteiger partial charge in [0.05, 0.1) is 0 Å². The average Bonchev–Trinajstić information content (AvgIpc) is 3.05. The summed E-state index contributed by atoms with van der Waals surface area (Å²) >= 11 is 3.45. The molecule has 3 nitrogen and oxygen atoms in total. The summed E-state index contributed by atoms with van der Waals surface area (Å²) in [4.78, 5) is 11.9. The van der Waals surface area contributed by atoms with Crippen LogP contribution < -0.4 is 11.1 Å². The minimum atomic E-state index is -0.351. The maximum Gasteiger partial charge on any atom is 0.223 e. The molecule has 4 heteroatoms. The highest BCUT2D eigenvalue weighted by Gasteiger charge is 2.43. The first-order valence-electron chi connectivity index (χ1n) is 6.19. The zero-order valence-corrected chi connectivity index (χ0v) is 12.3. The summed E-state index contributed by atoms with van der Waals surface area (Å²) in [5, 5.41) is 2.92. The number of carbonyl (C=O) groups is 1. The van der Waals surface area contributed by atoms with Gasteiger partial charge in [-0.1, -0.05) is 28.1 Å². The largest absolute Gasteiger partial charge is 0.354 e. The number of hydrogen-bond donors (Lipinski definition) is 2. The van der Waals surface area contributed by atoms with Crippen LogP contribution in [-0.4, -0.2) is 18.0 Å². The molecular formula is C14H19BrN2O. The summed E-state index contributed by atoms with van der Waals surface area (Å²) in [5.41, 5.74) is 6.73. The molecule has 0 heterocycles. The molecule has 2 rings (SSSR count). The first-order valence-corrected chi connectivity index (χ1v) is 6.98. The van der Waals surface area contributed by atoms with Gasteiger partial charge < -0.3 is 11.1 Å². The van der Waals surface area contributed by atoms with Crippen LogP contribution in [0, 0.1) is 5.92 Å². The fourth-order valence-corrected chi connectivity index (χ4v) is 2.45. The summed E-state index contributed by atoms with van der Waals surface area (Å²) in [6.45, 7) is 4.34. The topological polar surface area (TPSA) is 55.1 Å². The Labute approximate surface area is 116 Å². The van der Waals surface area contributed by atoms with Gasteiger partial charge in [0.2, 0.25) is 5.91 Å². The van der Waals surface area contributed by atoms with E-state index in [1.54, 1.807) is 0 Å². The Morgan fingerprint density at radius 3 is 2.89 bits per heavy atom. The quantitative estimate of drug-likeness (QED) is 0.897. The molecule has 2 atom stereocenters. The number of hydrogen-bond acceptors (Lipinski definition) is 2. The van der Waals surface area contributed by atoms with E-state index in [0.29, 0.717) is 12.5 Å². The summed E-state index contributed by atoms with van der Waals surface area (Å²) in [5.74, 6) is 0.600. The molecule has 2 unspecified atom stereocenters. The summed E-state index contributed by atoms with van der Waals surface area (Å²) in [7, 11) is 0. The lowest BCUT2D eigenvalue weighted by Crippen LogP contribution is -2.45. The first-order chi connectivity index (χ1) is 8.37. The first kappa shape index (κ1) is 13.6. The molecule has 1 amide bonds. The third-order valence-corrected chi connectivity index (χ3v) is 3.62. The van der Waals surface area contributed by atoms with Crippen LogP contribution in [0.15, 0.2) is 28.7 Å². The Kier molecular flexibility index (Phi) is 3.78. The number of halogens is 1. The smallest absolute Gasteiger partial charge is 0.223 e. The molecule has 98 valence electrons. The van der Waals surface area contributed by atoms with E-state index >= 15 is 0 Å². The molecule has 1 aliphatic carbocycles. The molecule has 1 fully saturated rings. The second kappa shape index (κ2) is 5.02. The molecule has 0 saturated heterocycles. The van der Waals surface area contributed by atoms with E-state index in [1.165, 1.54) is 5.56 Å². The Balaban J connectivity index is 1.89. The molecule has 1 aromatic rings. The van der Waals surface area contributed by atoms with Gasteiger partial charge in [0.1, 0.15) is 0 Å². The molecule has 1 aliphatic rings. The third-order valence-electron chi connectivity index (χ3n) is 3.12. The molecule has 1 aromatic carbocycles. The van der Waals surface area contributed by atoms with Crippen molar-refractivity contribution in [3.05, 3.63) is 34.3 Å². The van der Waals surface area contributed by atoms with Crippen LogP contribution >= 0.6 is 15.9 Å². The fourth-order valence-electron chi connectivity index (χ4n) is 2.04. The molecule has 0 aromatic heterocycles. The minimum absolute atomic E-state index is 0.113. The maximum absolute atomic E-state index is 11.9. The van der Waals surface area contributed by atoms with Crippen molar-refractivity contribution >= 4 is 21.8 Å². The van der Waals surface area contributed by atoms with Crippen LogP contribution in [0.2, 0.25) is 0 Å². The lowest BCUT2D eigenvalue weighted by molar-refractivity contribution is -0.122. The van der Waals surface area contributed by atoms with Gasteiger partial charge >= 0.3 is 0 Å². The van der Waals surface area contributed by atoms with E-state index in [1.807, 2.05) is 26.0 Å². The molecule has 1 saturated carbocycles. The highest BCUT2D eigenvalue weighted by Crippen LogP contribution is 2.47. The van der Waals surface area contributed by atoms with Gasteiger partial charge in [-0.15, -0.1) is 0 Å². The lowest BCUT2D eigenvalue weighted by atomic mass is 10.1. The molecule has 18 heavy (non-hydrogen) atoms. The number of nitrogens with two attached hydrogens (primary N) is 1. The molecule has 0 radical (unpaired) electrons. The van der Waals surface area contributed by atoms with Crippen LogP contribution in [-0.2, 0) is 4.79 Å². The van der Waals surface area contributed by atoms with E-state index in [-0.39, 0.29) is 17.4 Å². The standard InChI is InChI=1S/C14H19BrN2O/c1-14(2,16)8-17-13(18)12-7-11(12)9-4-3-5-10(15)6-9/h3-6,11-12H,7-8,16H2,1-2H3,(H,17,18). The van der Waals surface area contributed by atoms with Crippen molar-refractivity contribution in [3.63, 3.8) is 0 Å². The number of rotatable bonds is 4. The molecule has 0 spiro atoms. The predicted molar refractivity (Wildman–Crippen MR) is 76.3 cm³/mol. The zero-order valence-electron chi connectivity index (χ0n) is 10.7. The van der Waals surface area contributed by atoms with Gasteiger partial charge in [-0.05, 0) is 43.9 Å². The molecule has 0 bridgehead atoms. The van der Waals surface area contributed by atoms with Crippen molar-refractivity contribution in [3.8, 4) is 0 Å². The van der Waals surface area contributed by atoms with E-state index in [0.717, 1.165) is 10.9 Å². The Morgan fingerprint density at radius 1 is 1.56 bits per heavy atom. The van der Waals surface area contributed by atoms with Gasteiger partial charge in [-0.2, -0.15) is 0 Å². The van der Waals surface area contributed by atoms with Crippen LogP contribution in [0.1, 0.15) is 31.7 Å². The van der Waals surface area contributed by atoms with Crippen molar-refractivity contribution in [1.29, 1.82) is 0 Å². The van der Waals surface area contributed by atoms with E-state index in [9.17, 15) is 4.79 Å². The van der Waals surface area contributed by atoms with Gasteiger partial charge in [0.15, 0.2) is 0 Å². The summed E-state index contributed by atoms with van der Waals surface area (Å²) in [6, 6.07) is 8.17. The number of benzene rings is 1. The minimum Gasteiger partial charge on any atom is -0.354 e. The fraction of sp³-hybridized carbons (Fsp3) is 0.500. The van der Waals surface area contributed by atoms with Gasteiger partial charge in [0, 0.05) is 22.5 Å². The third kappa shape index (κ3) is 3.56. The molecule has 0 aliphatic heterocycles. The summed E-state index contributed by atoms with van der Waals surface area (Å²) in [6.07, 6.45) is 0.938. The highest BCUT2D eigenvalue weighted by molar-refractivity contribution is 9.10. The van der Waals surface area contributed by atoms with Crippen LogP contribution in [0.3, 0.4) is 0 Å². The van der Waals surface area contributed by atoms with Crippen molar-refractivity contribution < 1.29 is 4.79 Å². The van der Waals surface area contributed by atoms with Crippen molar-refractivity contribution in [1.82, 2.24) is 5.32 Å². The SMILES string of the molecule is CC(C)(N)CNC(=O)C1CC1c1cccc(Br)c1. The molecular weight excluding hydrogens is 292 g/mol. The Morgan fingerprint density at radius 2 is 2.28 bits per heavy atom. The average molecular weight is 311 g/mol. The second-order valence-electron chi connectivity index (χ2n) is 5.71. The van der Waals surface area contributed by atoms with Crippen molar-refractivity contribution in [2.24, 2.45) is 11.7 Å². The highest BCUT2D eigenvalue weighted by atomic mass is 79.9. The number of carbonyl (C=O) groups excluding carboxylic acids is 1. The van der Waals surface area contributed by atoms with Gasteiger partial charge in [-0.3, -0.25) is 4.79 Å². The van der Waals surface area contributed by atoms with Crippen LogP contribution in [0.5, 0.6) is 0 Å². The van der Waals surface area contributed by atoms with Gasteiger partial charge in [-0.25, -0.2) is 0 Å². The van der Waals surface area contributed by atoms with Gasteiger partial charge in [0.25, 0.3) is 0 Å². The predicted octanol–water partition coefficient (Wildman–Crippen LogP) is 2.41. The van der Waals surface area contributed by atoms with E-state index < -0.39 is 0 Å². The van der Waals surface area contributed by atoms with Crippen molar-refractivity contribution in [2.45, 2.75) is 31.7 Å². The Hall–Kier alpha value is -0.870. The maximum atomic E-state index is 11.9. The van der Waals surface area contributed by atoms with E-state index in [2.05, 4.69) is 33.4 Å². The Bertz CT molecular complexity index is 453. The molecule has 3 N–H and O–H groups in total. The zero-order chi connectivity index (χ0) is 13.3. The number of nitrogens with one attached hydrogen (secondary N) is 1. The van der Waals surface area contributed by atoms with Crippen LogP contribution in [0.4, 0.5) is 0 Å². The second-order valence-corrected chi connectivity index (χ2v) is 6.63. The van der Waals surface area contributed by atoms with Crippen LogP contribution in [0.25, 0.3) is 0 Å². The number of amides is 1.